The second-order valence-electron chi connectivity index (χ2n) is 5.83. The molecule has 2 N–H and O–H groups in total. The minimum absolute atomic E-state index is 0.640. The molecule has 3 rings (SSSR count). The molecule has 0 bridgehead atoms. The van der Waals surface area contributed by atoms with Gasteiger partial charge in [0.05, 0.1) is 13.2 Å². The first-order chi connectivity index (χ1) is 12.7. The Bertz CT molecular complexity index is 704. The number of thiocarbonyl (C=S) groups is 1. The van der Waals surface area contributed by atoms with Crippen molar-refractivity contribution < 1.29 is 4.74 Å². The molecule has 0 amide bonds. The van der Waals surface area contributed by atoms with Gasteiger partial charge in [0.15, 0.2) is 5.11 Å². The van der Waals surface area contributed by atoms with Crippen molar-refractivity contribution in [2.45, 2.75) is 4.90 Å². The molecular weight excluding hydrogens is 386 g/mol. The highest BCUT2D eigenvalue weighted by molar-refractivity contribution is 7.99. The number of nitrogens with zero attached hydrogens (tertiary/aromatic N) is 1. The van der Waals surface area contributed by atoms with Crippen molar-refractivity contribution in [2.75, 3.05) is 48.8 Å². The van der Waals surface area contributed by atoms with Crippen molar-refractivity contribution in [1.29, 1.82) is 0 Å². The van der Waals surface area contributed by atoms with E-state index < -0.39 is 0 Å². The Kier molecular flexibility index (Phi) is 7.43. The van der Waals surface area contributed by atoms with Gasteiger partial charge in [0.25, 0.3) is 0 Å². The molecule has 0 saturated carbocycles. The molecule has 2 aromatic rings. The smallest absolute Gasteiger partial charge is 0.170 e. The van der Waals surface area contributed by atoms with Gasteiger partial charge in [-0.3, -0.25) is 0 Å². The molecule has 1 saturated heterocycles. The maximum absolute atomic E-state index is 5.89. The van der Waals surface area contributed by atoms with Crippen LogP contribution in [0.2, 0.25) is 5.02 Å². The summed E-state index contributed by atoms with van der Waals surface area (Å²) in [6.45, 7) is 4.27. The first kappa shape index (κ1) is 19.3. The second-order valence-corrected chi connectivity index (χ2v) is 7.84. The fourth-order valence-corrected chi connectivity index (χ4v) is 3.73. The molecule has 0 atom stereocenters. The van der Waals surface area contributed by atoms with E-state index in [0.29, 0.717) is 5.11 Å². The van der Waals surface area contributed by atoms with E-state index in [1.165, 1.54) is 10.6 Å². The van der Waals surface area contributed by atoms with Gasteiger partial charge in [-0.15, -0.1) is 11.8 Å². The van der Waals surface area contributed by atoms with Crippen LogP contribution in [0.5, 0.6) is 0 Å². The summed E-state index contributed by atoms with van der Waals surface area (Å²) in [5.74, 6) is 0.930. The summed E-state index contributed by atoms with van der Waals surface area (Å²) in [6, 6.07) is 16.2. The fourth-order valence-electron chi connectivity index (χ4n) is 2.62. The molecule has 0 aliphatic carbocycles. The quantitative estimate of drug-likeness (QED) is 0.423. The molecule has 1 aliphatic rings. The number of thioether (sulfide) groups is 1. The maximum atomic E-state index is 5.89. The topological polar surface area (TPSA) is 36.5 Å². The molecule has 0 radical (unpaired) electrons. The summed E-state index contributed by atoms with van der Waals surface area (Å²) in [5.41, 5.74) is 2.21. The Morgan fingerprint density at radius 1 is 1.08 bits per heavy atom. The van der Waals surface area contributed by atoms with Crippen LogP contribution < -0.4 is 15.5 Å². The minimum Gasteiger partial charge on any atom is -0.378 e. The van der Waals surface area contributed by atoms with E-state index in [4.69, 9.17) is 28.6 Å². The van der Waals surface area contributed by atoms with Gasteiger partial charge in [0.2, 0.25) is 0 Å². The zero-order valence-corrected chi connectivity index (χ0v) is 16.8. The third kappa shape index (κ3) is 6.06. The Balaban J connectivity index is 1.38. The van der Waals surface area contributed by atoms with Gasteiger partial charge < -0.3 is 20.3 Å². The number of rotatable bonds is 6. The van der Waals surface area contributed by atoms with Crippen molar-refractivity contribution in [3.05, 3.63) is 53.6 Å². The Morgan fingerprint density at radius 2 is 1.77 bits per heavy atom. The SMILES string of the molecule is S=C(NCCSc1ccc(Cl)cc1)Nc1ccc(N2CCOCC2)cc1. The summed E-state index contributed by atoms with van der Waals surface area (Å²) >= 11 is 13.0. The molecule has 0 aromatic heterocycles. The van der Waals surface area contributed by atoms with E-state index >= 15 is 0 Å². The molecular formula is C19H22ClN3OS2. The van der Waals surface area contributed by atoms with E-state index in [-0.39, 0.29) is 0 Å². The average Bonchev–Trinajstić information content (AvgIpc) is 2.68. The van der Waals surface area contributed by atoms with Crippen LogP contribution in [-0.4, -0.2) is 43.7 Å². The number of nitrogens with one attached hydrogen (secondary N) is 2. The van der Waals surface area contributed by atoms with Crippen LogP contribution in [0.15, 0.2) is 53.4 Å². The van der Waals surface area contributed by atoms with E-state index in [0.717, 1.165) is 49.3 Å². The van der Waals surface area contributed by atoms with E-state index in [1.807, 2.05) is 24.3 Å². The van der Waals surface area contributed by atoms with Crippen LogP contribution in [0.1, 0.15) is 0 Å². The van der Waals surface area contributed by atoms with Crippen molar-refractivity contribution in [1.82, 2.24) is 5.32 Å². The van der Waals surface area contributed by atoms with E-state index in [1.54, 1.807) is 11.8 Å². The van der Waals surface area contributed by atoms with Crippen molar-refractivity contribution in [3.63, 3.8) is 0 Å². The molecule has 2 aromatic carbocycles. The molecule has 138 valence electrons. The summed E-state index contributed by atoms with van der Waals surface area (Å²) < 4.78 is 5.39. The highest BCUT2D eigenvalue weighted by atomic mass is 35.5. The molecule has 1 aliphatic heterocycles. The van der Waals surface area contributed by atoms with Crippen molar-refractivity contribution >= 4 is 52.1 Å². The highest BCUT2D eigenvalue weighted by Crippen LogP contribution is 2.20. The lowest BCUT2D eigenvalue weighted by Gasteiger charge is -2.29. The third-order valence-electron chi connectivity index (χ3n) is 3.97. The molecule has 1 heterocycles. The minimum atomic E-state index is 0.640. The normalized spacial score (nSPS) is 14.1. The summed E-state index contributed by atoms with van der Waals surface area (Å²) in [4.78, 5) is 3.53. The number of anilines is 2. The highest BCUT2D eigenvalue weighted by Gasteiger charge is 2.10. The van der Waals surface area contributed by atoms with Crippen LogP contribution >= 0.6 is 35.6 Å². The Morgan fingerprint density at radius 3 is 2.46 bits per heavy atom. The molecule has 26 heavy (non-hydrogen) atoms. The standard InChI is InChI=1S/C19H22ClN3OS2/c20-15-1-7-18(8-2-15)26-14-9-21-19(25)22-16-3-5-17(6-4-16)23-10-12-24-13-11-23/h1-8H,9-14H2,(H2,21,22,25). The number of hydrogen-bond donors (Lipinski definition) is 2. The van der Waals surface area contributed by atoms with Crippen molar-refractivity contribution in [3.8, 4) is 0 Å². The fraction of sp³-hybridized carbons (Fsp3) is 0.316. The first-order valence-electron chi connectivity index (χ1n) is 8.57. The zero-order valence-electron chi connectivity index (χ0n) is 14.4. The number of benzene rings is 2. The predicted octanol–water partition coefficient (Wildman–Crippen LogP) is 4.26. The van der Waals surface area contributed by atoms with Crippen LogP contribution in [-0.2, 0) is 4.74 Å². The Hall–Kier alpha value is -1.47. The van der Waals surface area contributed by atoms with Crippen LogP contribution in [0.3, 0.4) is 0 Å². The number of hydrogen-bond acceptors (Lipinski definition) is 4. The van der Waals surface area contributed by atoms with Crippen LogP contribution in [0.25, 0.3) is 0 Å². The molecule has 0 spiro atoms. The summed E-state index contributed by atoms with van der Waals surface area (Å²) in [6.07, 6.45) is 0. The molecule has 1 fully saturated rings. The van der Waals surface area contributed by atoms with Crippen LogP contribution in [0.4, 0.5) is 11.4 Å². The van der Waals surface area contributed by atoms with Crippen LogP contribution in [0, 0.1) is 0 Å². The third-order valence-corrected chi connectivity index (χ3v) is 5.48. The Labute approximate surface area is 169 Å². The number of morpholine rings is 1. The largest absolute Gasteiger partial charge is 0.378 e. The molecule has 7 heteroatoms. The van der Waals surface area contributed by atoms with Gasteiger partial charge in [-0.25, -0.2) is 0 Å². The number of halogens is 1. The molecule has 4 nitrogen and oxygen atoms in total. The van der Waals surface area contributed by atoms with Gasteiger partial charge in [-0.05, 0) is 60.7 Å². The van der Waals surface area contributed by atoms with Gasteiger partial charge in [0, 0.05) is 46.7 Å². The summed E-state index contributed by atoms with van der Waals surface area (Å²) in [7, 11) is 0. The van der Waals surface area contributed by atoms with Gasteiger partial charge >= 0.3 is 0 Å². The van der Waals surface area contributed by atoms with Gasteiger partial charge in [-0.1, -0.05) is 11.6 Å². The first-order valence-corrected chi connectivity index (χ1v) is 10.3. The lowest BCUT2D eigenvalue weighted by atomic mass is 10.2. The van der Waals surface area contributed by atoms with E-state index in [2.05, 4.69) is 39.8 Å². The number of ether oxygens (including phenoxy) is 1. The lowest BCUT2D eigenvalue weighted by Crippen LogP contribution is -2.36. The van der Waals surface area contributed by atoms with Gasteiger partial charge in [0.1, 0.15) is 0 Å². The monoisotopic (exact) mass is 407 g/mol. The van der Waals surface area contributed by atoms with E-state index in [9.17, 15) is 0 Å². The molecule has 0 unspecified atom stereocenters. The predicted molar refractivity (Wildman–Crippen MR) is 116 cm³/mol. The summed E-state index contributed by atoms with van der Waals surface area (Å²) in [5, 5.41) is 7.87. The second kappa shape index (κ2) is 10.0. The lowest BCUT2D eigenvalue weighted by molar-refractivity contribution is 0.122. The van der Waals surface area contributed by atoms with Crippen molar-refractivity contribution in [2.24, 2.45) is 0 Å². The zero-order chi connectivity index (χ0) is 18.2. The maximum Gasteiger partial charge on any atom is 0.170 e. The van der Waals surface area contributed by atoms with Gasteiger partial charge in [-0.2, -0.15) is 0 Å². The average molecular weight is 408 g/mol.